The van der Waals surface area contributed by atoms with E-state index < -0.39 is 0 Å². The van der Waals surface area contributed by atoms with Crippen LogP contribution in [0.5, 0.6) is 0 Å². The highest BCUT2D eigenvalue weighted by Crippen LogP contribution is 2.59. The molecule has 2 nitrogen and oxygen atoms in total. The van der Waals surface area contributed by atoms with Gasteiger partial charge in [-0.05, 0) is 87.5 Å². The SMILES string of the molecule is OCC1(CC2C3CC4CC(C3)CC2C4)CCCNC1. The van der Waals surface area contributed by atoms with Crippen molar-refractivity contribution in [2.45, 2.75) is 51.4 Å². The summed E-state index contributed by atoms with van der Waals surface area (Å²) in [5.41, 5.74) is 0.221. The minimum absolute atomic E-state index is 0.221. The largest absolute Gasteiger partial charge is 0.396 e. The van der Waals surface area contributed by atoms with Gasteiger partial charge in [0.1, 0.15) is 0 Å². The van der Waals surface area contributed by atoms with Gasteiger partial charge in [-0.15, -0.1) is 0 Å². The van der Waals surface area contributed by atoms with E-state index in [1.165, 1.54) is 44.9 Å². The minimum Gasteiger partial charge on any atom is -0.396 e. The second kappa shape index (κ2) is 4.73. The van der Waals surface area contributed by atoms with E-state index in [4.69, 9.17) is 0 Å². The summed E-state index contributed by atoms with van der Waals surface area (Å²) in [6.45, 7) is 2.62. The Balaban J connectivity index is 1.50. The van der Waals surface area contributed by atoms with Crippen LogP contribution in [0.25, 0.3) is 0 Å². The number of nitrogens with one attached hydrogen (secondary N) is 1. The molecule has 0 amide bonds. The molecule has 0 aromatic rings. The predicted octanol–water partition coefficient (Wildman–Crippen LogP) is 2.81. The van der Waals surface area contributed by atoms with E-state index in [2.05, 4.69) is 5.32 Å². The Morgan fingerprint density at radius 3 is 2.21 bits per heavy atom. The van der Waals surface area contributed by atoms with Gasteiger partial charge in [0.15, 0.2) is 0 Å². The van der Waals surface area contributed by atoms with Crippen LogP contribution >= 0.6 is 0 Å². The van der Waals surface area contributed by atoms with Gasteiger partial charge < -0.3 is 10.4 Å². The van der Waals surface area contributed by atoms with Gasteiger partial charge in [0.25, 0.3) is 0 Å². The van der Waals surface area contributed by atoms with Gasteiger partial charge in [-0.1, -0.05) is 0 Å². The summed E-state index contributed by atoms with van der Waals surface area (Å²) in [4.78, 5) is 0. The van der Waals surface area contributed by atoms with Crippen LogP contribution in [0.3, 0.4) is 0 Å². The minimum atomic E-state index is 0.221. The molecule has 0 spiro atoms. The number of piperidine rings is 1. The molecule has 4 saturated carbocycles. The Hall–Kier alpha value is -0.0800. The summed E-state index contributed by atoms with van der Waals surface area (Å²) in [5, 5.41) is 13.5. The molecule has 1 saturated heterocycles. The van der Waals surface area contributed by atoms with Gasteiger partial charge in [-0.3, -0.25) is 0 Å². The van der Waals surface area contributed by atoms with E-state index in [0.717, 1.165) is 42.7 Å². The topological polar surface area (TPSA) is 32.3 Å². The lowest BCUT2D eigenvalue weighted by Crippen LogP contribution is -2.50. The Morgan fingerprint density at radius 1 is 1.00 bits per heavy atom. The van der Waals surface area contributed by atoms with Gasteiger partial charge in [0.2, 0.25) is 0 Å². The third-order valence-corrected chi connectivity index (χ3v) is 6.99. The van der Waals surface area contributed by atoms with Gasteiger partial charge in [-0.2, -0.15) is 0 Å². The zero-order valence-electron chi connectivity index (χ0n) is 12.1. The van der Waals surface area contributed by atoms with Gasteiger partial charge in [0, 0.05) is 18.6 Å². The summed E-state index contributed by atoms with van der Waals surface area (Å²) >= 11 is 0. The molecule has 5 fully saturated rings. The molecule has 5 rings (SSSR count). The van der Waals surface area contributed by atoms with Crippen molar-refractivity contribution < 1.29 is 5.11 Å². The molecule has 108 valence electrons. The number of aliphatic hydroxyl groups is 1. The normalized spacial score (nSPS) is 52.6. The maximum Gasteiger partial charge on any atom is 0.0499 e. The second-order valence-electron chi connectivity index (χ2n) is 8.24. The maximum absolute atomic E-state index is 9.96. The van der Waals surface area contributed by atoms with E-state index in [0.29, 0.717) is 6.61 Å². The van der Waals surface area contributed by atoms with Crippen molar-refractivity contribution in [3.05, 3.63) is 0 Å². The number of hydrogen-bond acceptors (Lipinski definition) is 2. The molecule has 0 aromatic carbocycles. The van der Waals surface area contributed by atoms with Crippen LogP contribution in [-0.2, 0) is 0 Å². The lowest BCUT2D eigenvalue weighted by Gasteiger charge is -2.56. The fraction of sp³-hybridized carbons (Fsp3) is 1.00. The highest BCUT2D eigenvalue weighted by molar-refractivity contribution is 5.00. The van der Waals surface area contributed by atoms with Crippen molar-refractivity contribution >= 4 is 0 Å². The third-order valence-electron chi connectivity index (χ3n) is 6.99. The van der Waals surface area contributed by atoms with E-state index in [9.17, 15) is 5.11 Å². The van der Waals surface area contributed by atoms with E-state index in [1.54, 1.807) is 6.42 Å². The molecule has 19 heavy (non-hydrogen) atoms. The van der Waals surface area contributed by atoms with Gasteiger partial charge in [0.05, 0.1) is 0 Å². The average molecular weight is 263 g/mol. The highest BCUT2D eigenvalue weighted by atomic mass is 16.3. The first-order chi connectivity index (χ1) is 9.28. The molecule has 0 aromatic heterocycles. The molecule has 4 aliphatic carbocycles. The van der Waals surface area contributed by atoms with Crippen LogP contribution in [0.15, 0.2) is 0 Å². The van der Waals surface area contributed by atoms with Crippen LogP contribution in [0.4, 0.5) is 0 Å². The summed E-state index contributed by atoms with van der Waals surface area (Å²) in [6.07, 6.45) is 11.4. The summed E-state index contributed by atoms with van der Waals surface area (Å²) in [7, 11) is 0. The average Bonchev–Trinajstić information content (AvgIpc) is 2.43. The molecular weight excluding hydrogens is 234 g/mol. The van der Waals surface area contributed by atoms with Crippen molar-refractivity contribution in [2.75, 3.05) is 19.7 Å². The first-order valence-corrected chi connectivity index (χ1v) is 8.59. The molecule has 0 radical (unpaired) electrons. The van der Waals surface area contributed by atoms with Crippen LogP contribution in [0.1, 0.15) is 51.4 Å². The van der Waals surface area contributed by atoms with Crippen molar-refractivity contribution in [3.8, 4) is 0 Å². The molecule has 5 aliphatic rings. The van der Waals surface area contributed by atoms with Crippen LogP contribution in [0, 0.1) is 35.0 Å². The zero-order valence-corrected chi connectivity index (χ0v) is 12.1. The number of hydrogen-bond donors (Lipinski definition) is 2. The molecule has 2 heteroatoms. The van der Waals surface area contributed by atoms with Crippen molar-refractivity contribution in [1.82, 2.24) is 5.32 Å². The Morgan fingerprint density at radius 2 is 1.68 bits per heavy atom. The second-order valence-corrected chi connectivity index (χ2v) is 8.24. The standard InChI is InChI=1S/C17H29NO/c19-11-17(2-1-3-18-10-17)9-16-14-5-12-4-13(7-14)8-15(16)6-12/h12-16,18-19H,1-11H2. The highest BCUT2D eigenvalue weighted by Gasteiger charge is 2.50. The smallest absolute Gasteiger partial charge is 0.0499 e. The number of rotatable bonds is 3. The van der Waals surface area contributed by atoms with Crippen molar-refractivity contribution in [3.63, 3.8) is 0 Å². The molecule has 2 N–H and O–H groups in total. The van der Waals surface area contributed by atoms with Gasteiger partial charge in [-0.25, -0.2) is 0 Å². The fourth-order valence-electron chi connectivity index (χ4n) is 6.28. The molecule has 1 unspecified atom stereocenters. The van der Waals surface area contributed by atoms with Crippen LogP contribution in [0.2, 0.25) is 0 Å². The molecular formula is C17H29NO. The van der Waals surface area contributed by atoms with Crippen molar-refractivity contribution in [2.24, 2.45) is 35.0 Å². The summed E-state index contributed by atoms with van der Waals surface area (Å²) in [5.74, 6) is 5.13. The first-order valence-electron chi connectivity index (χ1n) is 8.59. The fourth-order valence-corrected chi connectivity index (χ4v) is 6.28. The van der Waals surface area contributed by atoms with Gasteiger partial charge >= 0.3 is 0 Å². The van der Waals surface area contributed by atoms with E-state index in [1.807, 2.05) is 0 Å². The molecule has 1 aliphatic heterocycles. The van der Waals surface area contributed by atoms with Crippen LogP contribution < -0.4 is 5.32 Å². The van der Waals surface area contributed by atoms with Crippen LogP contribution in [-0.4, -0.2) is 24.8 Å². The zero-order chi connectivity index (χ0) is 12.9. The summed E-state index contributed by atoms with van der Waals surface area (Å²) in [6, 6.07) is 0. The monoisotopic (exact) mass is 263 g/mol. The van der Waals surface area contributed by atoms with E-state index in [-0.39, 0.29) is 5.41 Å². The predicted molar refractivity (Wildman–Crippen MR) is 76.8 cm³/mol. The quantitative estimate of drug-likeness (QED) is 0.820. The maximum atomic E-state index is 9.96. The molecule has 1 atom stereocenters. The third kappa shape index (κ3) is 2.15. The summed E-state index contributed by atoms with van der Waals surface area (Å²) < 4.78 is 0. The molecule has 4 bridgehead atoms. The Bertz CT molecular complexity index is 306. The Labute approximate surface area is 117 Å². The first kappa shape index (κ1) is 12.6. The van der Waals surface area contributed by atoms with E-state index >= 15 is 0 Å². The lowest BCUT2D eigenvalue weighted by atomic mass is 9.49. The lowest BCUT2D eigenvalue weighted by molar-refractivity contribution is -0.0664. The number of aliphatic hydroxyl groups excluding tert-OH is 1. The Kier molecular flexibility index (Phi) is 3.15. The molecule has 1 heterocycles. The van der Waals surface area contributed by atoms with Crippen molar-refractivity contribution in [1.29, 1.82) is 0 Å².